The molecule has 2 aliphatic heterocycles. The molecule has 3 aliphatic rings. The van der Waals surface area contributed by atoms with Gasteiger partial charge in [0.1, 0.15) is 11.4 Å². The molecular formula is C32H35F3N2O6S. The molecule has 0 spiro atoms. The lowest BCUT2D eigenvalue weighted by Crippen LogP contribution is -2.43. The van der Waals surface area contributed by atoms with Gasteiger partial charge in [-0.3, -0.25) is 0 Å². The Hall–Kier alpha value is -3.64. The average molecular weight is 633 g/mol. The molecule has 1 fully saturated rings. The Labute approximate surface area is 254 Å². The fourth-order valence-electron chi connectivity index (χ4n) is 5.53. The van der Waals surface area contributed by atoms with E-state index >= 15 is 0 Å². The van der Waals surface area contributed by atoms with Crippen molar-refractivity contribution in [2.45, 2.75) is 76.6 Å². The van der Waals surface area contributed by atoms with Gasteiger partial charge >= 0.3 is 21.7 Å². The molecule has 12 heteroatoms. The maximum absolute atomic E-state index is 13.5. The summed E-state index contributed by atoms with van der Waals surface area (Å²) in [5, 5.41) is 3.81. The molecule has 2 unspecified atom stereocenters. The van der Waals surface area contributed by atoms with E-state index in [2.05, 4.69) is 10.3 Å². The van der Waals surface area contributed by atoms with Crippen molar-refractivity contribution >= 4 is 21.8 Å². The van der Waals surface area contributed by atoms with Crippen LogP contribution < -0.4 is 15.9 Å². The van der Waals surface area contributed by atoms with Crippen molar-refractivity contribution in [3.05, 3.63) is 82.2 Å². The van der Waals surface area contributed by atoms with Crippen LogP contribution in [0.2, 0.25) is 0 Å². The van der Waals surface area contributed by atoms with Crippen molar-refractivity contribution in [1.29, 1.82) is 0 Å². The second-order valence-electron chi connectivity index (χ2n) is 12.6. The highest BCUT2D eigenvalue weighted by Gasteiger charge is 2.50. The van der Waals surface area contributed by atoms with E-state index in [4.69, 9.17) is 13.7 Å². The summed E-state index contributed by atoms with van der Waals surface area (Å²) in [5.41, 5.74) is -4.43. The number of amides is 1. The van der Waals surface area contributed by atoms with E-state index in [1.165, 1.54) is 6.08 Å². The number of ether oxygens (including phenoxy) is 2. The van der Waals surface area contributed by atoms with Crippen molar-refractivity contribution in [1.82, 2.24) is 5.32 Å². The van der Waals surface area contributed by atoms with Crippen LogP contribution in [0.5, 0.6) is 0 Å². The first kappa shape index (κ1) is 31.8. The Bertz CT molecular complexity index is 1750. The Morgan fingerprint density at radius 2 is 1.70 bits per heavy atom. The number of alkyl carbamates (subject to hydrolysis) is 1. The summed E-state index contributed by atoms with van der Waals surface area (Å²) in [6, 6.07) is 12.6. The van der Waals surface area contributed by atoms with Gasteiger partial charge in [0.25, 0.3) is 0 Å². The van der Waals surface area contributed by atoms with E-state index in [1.54, 1.807) is 45.0 Å². The number of nitrogens with one attached hydrogen (secondary N) is 1. The molecule has 5 rings (SSSR count). The van der Waals surface area contributed by atoms with Gasteiger partial charge in [-0.05, 0) is 88.8 Å². The first-order valence-electron chi connectivity index (χ1n) is 14.4. The number of halogens is 3. The third-order valence-electron chi connectivity index (χ3n) is 7.59. The number of carbonyl (C=O) groups is 1. The maximum Gasteiger partial charge on any atom is 0.534 e. The zero-order valence-corrected chi connectivity index (χ0v) is 25.9. The Kier molecular flexibility index (Phi) is 8.21. The lowest BCUT2D eigenvalue weighted by molar-refractivity contribution is -0.0520. The summed E-state index contributed by atoms with van der Waals surface area (Å²) in [4.78, 5) is 17.1. The number of hydrogen-bond donors (Lipinski definition) is 1. The first-order valence-corrected chi connectivity index (χ1v) is 15.8. The zero-order valence-electron chi connectivity index (χ0n) is 25.1. The molecule has 1 saturated heterocycles. The molecule has 1 aliphatic carbocycles. The van der Waals surface area contributed by atoms with Gasteiger partial charge in [-0.15, -0.1) is 0 Å². The second kappa shape index (κ2) is 11.4. The van der Waals surface area contributed by atoms with E-state index in [1.807, 2.05) is 38.1 Å². The zero-order chi connectivity index (χ0) is 32.1. The predicted molar refractivity (Wildman–Crippen MR) is 158 cm³/mol. The minimum Gasteiger partial charge on any atom is -0.444 e. The molecule has 0 radical (unpaired) electrons. The van der Waals surface area contributed by atoms with Gasteiger partial charge in [0.2, 0.25) is 0 Å². The monoisotopic (exact) mass is 632 g/mol. The van der Waals surface area contributed by atoms with Crippen molar-refractivity contribution in [2.24, 2.45) is 10.9 Å². The van der Waals surface area contributed by atoms with Crippen molar-refractivity contribution in [2.75, 3.05) is 6.61 Å². The quantitative estimate of drug-likeness (QED) is 0.322. The molecule has 2 atom stereocenters. The fraction of sp³-hybridized carbons (Fsp3) is 0.438. The maximum atomic E-state index is 13.5. The topological polar surface area (TPSA) is 103 Å². The minimum absolute atomic E-state index is 0.173. The number of benzene rings is 2. The highest BCUT2D eigenvalue weighted by molar-refractivity contribution is 7.87. The van der Waals surface area contributed by atoms with Gasteiger partial charge in [-0.2, -0.15) is 21.6 Å². The van der Waals surface area contributed by atoms with Crippen LogP contribution >= 0.6 is 0 Å². The van der Waals surface area contributed by atoms with Crippen molar-refractivity contribution < 1.29 is 40.0 Å². The van der Waals surface area contributed by atoms with Crippen molar-refractivity contribution in [3.8, 4) is 11.1 Å². The van der Waals surface area contributed by atoms with E-state index in [0.29, 0.717) is 40.4 Å². The third-order valence-corrected chi connectivity index (χ3v) is 8.55. The Morgan fingerprint density at radius 3 is 2.32 bits per heavy atom. The number of alkyl halides is 3. The van der Waals surface area contributed by atoms with Gasteiger partial charge in [-0.25, -0.2) is 9.79 Å². The highest BCUT2D eigenvalue weighted by Crippen LogP contribution is 2.39. The van der Waals surface area contributed by atoms with Crippen molar-refractivity contribution in [3.63, 3.8) is 0 Å². The molecule has 2 aromatic rings. The number of fused-ring (bicyclic) bond motifs is 2. The highest BCUT2D eigenvalue weighted by atomic mass is 32.2. The Balaban J connectivity index is 1.57. The average Bonchev–Trinajstić information content (AvgIpc) is 3.30. The van der Waals surface area contributed by atoms with E-state index in [9.17, 15) is 26.4 Å². The lowest BCUT2D eigenvalue weighted by Gasteiger charge is -2.30. The molecule has 0 aromatic heterocycles. The fourth-order valence-corrected chi connectivity index (χ4v) is 5.99. The Morgan fingerprint density at radius 1 is 1.00 bits per heavy atom. The summed E-state index contributed by atoms with van der Waals surface area (Å²) in [6.07, 6.45) is 4.72. The SMILES string of the molecule is CC(C)(C)OC(=O)NC(C)(C)c1ccc(-c2cccc3c2=C2C(=CC(C4CCCCO4)C=C2OS(=O)(=O)C(F)(F)F)N=3)cc1. The van der Waals surface area contributed by atoms with Crippen LogP contribution in [0.15, 0.2) is 71.1 Å². The predicted octanol–water partition coefficient (Wildman–Crippen LogP) is 5.73. The van der Waals surface area contributed by atoms with Crippen LogP contribution in [-0.4, -0.2) is 38.3 Å². The van der Waals surface area contributed by atoms with Crippen LogP contribution in [0, 0.1) is 5.92 Å². The number of nitrogens with zero attached hydrogens (tertiary/aromatic N) is 1. The standard InChI is InChI=1S/C32H35F3N2O6S/c1-30(2,3)42-29(38)37-31(4,5)21-14-12-19(13-15-21)22-9-8-10-23-27(22)28-24(36-23)17-20(25-11-6-7-16-41-25)18-26(28)43-44(39,40)32(33,34)35/h8-10,12-15,17-18,20,25H,6-7,11,16H2,1-5H3,(H,37,38). The van der Waals surface area contributed by atoms with Crippen LogP contribution in [0.3, 0.4) is 0 Å². The molecule has 2 heterocycles. The van der Waals surface area contributed by atoms with Crippen LogP contribution in [0.4, 0.5) is 18.0 Å². The molecule has 236 valence electrons. The van der Waals surface area contributed by atoms with Crippen LogP contribution in [-0.2, 0) is 29.3 Å². The normalized spacial score (nSPS) is 20.5. The van der Waals surface area contributed by atoms with Gasteiger partial charge in [0.05, 0.1) is 28.3 Å². The van der Waals surface area contributed by atoms with E-state index < -0.39 is 44.5 Å². The number of carbonyl (C=O) groups excluding carboxylic acids is 1. The molecule has 8 nitrogen and oxygen atoms in total. The largest absolute Gasteiger partial charge is 0.534 e. The molecule has 0 saturated carbocycles. The van der Waals surface area contributed by atoms with E-state index in [-0.39, 0.29) is 11.7 Å². The van der Waals surface area contributed by atoms with Gasteiger partial charge < -0.3 is 19.0 Å². The summed E-state index contributed by atoms with van der Waals surface area (Å²) >= 11 is 0. The van der Waals surface area contributed by atoms with Gasteiger partial charge in [0.15, 0.2) is 0 Å². The molecule has 2 aromatic carbocycles. The van der Waals surface area contributed by atoms with Gasteiger partial charge in [-0.1, -0.05) is 36.4 Å². The minimum atomic E-state index is -5.96. The summed E-state index contributed by atoms with van der Waals surface area (Å²) in [6.45, 7) is 9.51. The molecular weight excluding hydrogens is 597 g/mol. The smallest absolute Gasteiger partial charge is 0.444 e. The summed E-state index contributed by atoms with van der Waals surface area (Å²) < 4.78 is 80.9. The number of hydrogen-bond acceptors (Lipinski definition) is 7. The number of rotatable bonds is 6. The summed E-state index contributed by atoms with van der Waals surface area (Å²) in [5.74, 6) is -0.943. The lowest BCUT2D eigenvalue weighted by atomic mass is 9.87. The van der Waals surface area contributed by atoms with E-state index in [0.717, 1.165) is 18.4 Å². The first-order chi connectivity index (χ1) is 20.5. The second-order valence-corrected chi connectivity index (χ2v) is 14.1. The summed E-state index contributed by atoms with van der Waals surface area (Å²) in [7, 11) is -5.96. The third kappa shape index (κ3) is 6.56. The molecule has 1 N–H and O–H groups in total. The molecule has 44 heavy (non-hydrogen) atoms. The van der Waals surface area contributed by atoms with Crippen LogP contribution in [0.25, 0.3) is 16.7 Å². The van der Waals surface area contributed by atoms with Crippen LogP contribution in [0.1, 0.15) is 59.4 Å². The van der Waals surface area contributed by atoms with Gasteiger partial charge in [0, 0.05) is 17.7 Å². The molecule has 0 bridgehead atoms. The molecule has 1 amide bonds.